The van der Waals surface area contributed by atoms with Crippen LogP contribution in [0.1, 0.15) is 6.42 Å². The predicted octanol–water partition coefficient (Wildman–Crippen LogP) is 0.496. The Bertz CT molecular complexity index is 713. The van der Waals surface area contributed by atoms with Crippen LogP contribution >= 0.6 is 0 Å². The van der Waals surface area contributed by atoms with Gasteiger partial charge in [0.05, 0.1) is 11.4 Å². The van der Waals surface area contributed by atoms with Crippen molar-refractivity contribution in [3.63, 3.8) is 0 Å². The Labute approximate surface area is 115 Å². The van der Waals surface area contributed by atoms with Gasteiger partial charge >= 0.3 is 0 Å². The van der Waals surface area contributed by atoms with Gasteiger partial charge in [-0.25, -0.2) is 17.5 Å². The molecule has 0 aliphatic rings. The largest absolute Gasteiger partial charge is 0.396 e. The molecule has 0 saturated heterocycles. The van der Waals surface area contributed by atoms with Gasteiger partial charge < -0.3 is 5.73 Å². The van der Waals surface area contributed by atoms with Crippen LogP contribution in [0.5, 0.6) is 0 Å². The summed E-state index contributed by atoms with van der Waals surface area (Å²) in [7, 11) is -3.03. The normalized spacial score (nSPS) is 11.7. The maximum atomic E-state index is 13.4. The van der Waals surface area contributed by atoms with Gasteiger partial charge in [0, 0.05) is 18.4 Å². The van der Waals surface area contributed by atoms with E-state index in [1.54, 1.807) is 6.07 Å². The van der Waals surface area contributed by atoms with E-state index in [1.165, 1.54) is 23.1 Å². The van der Waals surface area contributed by atoms with Gasteiger partial charge in [-0.2, -0.15) is 0 Å². The Balaban J connectivity index is 2.17. The van der Waals surface area contributed by atoms with Crippen LogP contribution in [0.4, 0.5) is 10.1 Å². The van der Waals surface area contributed by atoms with Crippen LogP contribution in [-0.2, 0) is 16.4 Å². The first-order valence-corrected chi connectivity index (χ1v) is 7.92. The number of benzene rings is 1. The van der Waals surface area contributed by atoms with Crippen molar-refractivity contribution in [2.24, 2.45) is 0 Å². The first kappa shape index (κ1) is 14.4. The summed E-state index contributed by atoms with van der Waals surface area (Å²) in [5.41, 5.74) is 5.94. The summed E-state index contributed by atoms with van der Waals surface area (Å²) in [5.74, 6) is -0.131. The minimum absolute atomic E-state index is 0.0440. The average molecular weight is 299 g/mol. The first-order valence-electron chi connectivity index (χ1n) is 5.86. The molecule has 9 heteroatoms. The lowest BCUT2D eigenvalue weighted by Crippen LogP contribution is -2.09. The highest BCUT2D eigenvalue weighted by Gasteiger charge is 2.11. The molecule has 1 aromatic heterocycles. The maximum Gasteiger partial charge on any atom is 0.182 e. The molecule has 0 fully saturated rings. The number of halogens is 1. The van der Waals surface area contributed by atoms with Crippen LogP contribution in [0.2, 0.25) is 0 Å². The summed E-state index contributed by atoms with van der Waals surface area (Å²) >= 11 is 0. The monoisotopic (exact) mass is 299 g/mol. The molecule has 1 aromatic carbocycles. The van der Waals surface area contributed by atoms with Crippen molar-refractivity contribution in [3.05, 3.63) is 24.0 Å². The van der Waals surface area contributed by atoms with E-state index in [1.807, 2.05) is 0 Å². The molecule has 0 bridgehead atoms. The molecular weight excluding hydrogens is 285 g/mol. The molecule has 0 amide bonds. The molecule has 0 spiro atoms. The van der Waals surface area contributed by atoms with Crippen LogP contribution in [-0.4, -0.2) is 40.6 Å². The number of sulfone groups is 1. The van der Waals surface area contributed by atoms with Gasteiger partial charge in [-0.15, -0.1) is 5.10 Å². The summed E-state index contributed by atoms with van der Waals surface area (Å²) in [6.45, 7) is 0.335. The Kier molecular flexibility index (Phi) is 3.98. The second-order valence-corrected chi connectivity index (χ2v) is 6.71. The summed E-state index contributed by atoms with van der Waals surface area (Å²) in [5, 5.41) is 11.1. The molecule has 2 N–H and O–H groups in total. The van der Waals surface area contributed by atoms with Gasteiger partial charge in [-0.1, -0.05) is 0 Å². The van der Waals surface area contributed by atoms with Gasteiger partial charge in [0.2, 0.25) is 0 Å². The van der Waals surface area contributed by atoms with E-state index in [0.29, 0.717) is 24.4 Å². The third-order valence-electron chi connectivity index (χ3n) is 2.68. The lowest BCUT2D eigenvalue weighted by molar-refractivity contribution is 0.567. The van der Waals surface area contributed by atoms with Crippen molar-refractivity contribution in [1.82, 2.24) is 20.2 Å². The van der Waals surface area contributed by atoms with E-state index in [2.05, 4.69) is 15.5 Å². The van der Waals surface area contributed by atoms with Gasteiger partial charge in [-0.3, -0.25) is 0 Å². The predicted molar refractivity (Wildman–Crippen MR) is 72.0 cm³/mol. The van der Waals surface area contributed by atoms with Gasteiger partial charge in [0.15, 0.2) is 5.82 Å². The second-order valence-electron chi connectivity index (χ2n) is 4.45. The fraction of sp³-hybridized carbons (Fsp3) is 0.364. The number of aryl methyl sites for hydroxylation is 1. The Morgan fingerprint density at radius 1 is 1.40 bits per heavy atom. The summed E-state index contributed by atoms with van der Waals surface area (Å²) in [4.78, 5) is 0. The molecule has 0 atom stereocenters. The zero-order valence-corrected chi connectivity index (χ0v) is 11.6. The fourth-order valence-electron chi connectivity index (χ4n) is 1.70. The number of nitrogen functional groups attached to an aromatic ring is 1. The molecule has 20 heavy (non-hydrogen) atoms. The van der Waals surface area contributed by atoms with Gasteiger partial charge in [-0.05, 0) is 35.0 Å². The standard InChI is InChI=1S/C11H14FN5O2S/c1-20(18,19)6-2-5-17-11(14-15-16-17)8-3-4-10(13)9(12)7-8/h3-4,7H,2,5-6,13H2,1H3. The Morgan fingerprint density at radius 2 is 2.15 bits per heavy atom. The number of hydrogen-bond acceptors (Lipinski definition) is 6. The van der Waals surface area contributed by atoms with Crippen molar-refractivity contribution in [2.45, 2.75) is 13.0 Å². The molecule has 7 nitrogen and oxygen atoms in total. The van der Waals surface area contributed by atoms with Gasteiger partial charge in [0.1, 0.15) is 15.7 Å². The van der Waals surface area contributed by atoms with E-state index in [-0.39, 0.29) is 11.4 Å². The highest BCUT2D eigenvalue weighted by molar-refractivity contribution is 7.90. The second kappa shape index (κ2) is 5.53. The van der Waals surface area contributed by atoms with E-state index in [4.69, 9.17) is 5.73 Å². The number of nitrogens with two attached hydrogens (primary N) is 1. The lowest BCUT2D eigenvalue weighted by Gasteiger charge is -2.05. The number of anilines is 1. The molecular formula is C11H14FN5O2S. The van der Waals surface area contributed by atoms with E-state index < -0.39 is 15.7 Å². The molecule has 2 aromatic rings. The van der Waals surface area contributed by atoms with E-state index in [0.717, 1.165) is 0 Å². The third kappa shape index (κ3) is 3.50. The van der Waals surface area contributed by atoms with E-state index >= 15 is 0 Å². The Hall–Kier alpha value is -2.03. The van der Waals surface area contributed by atoms with Crippen molar-refractivity contribution in [1.29, 1.82) is 0 Å². The van der Waals surface area contributed by atoms with Crippen LogP contribution < -0.4 is 5.73 Å². The quantitative estimate of drug-likeness (QED) is 0.806. The average Bonchev–Trinajstić information content (AvgIpc) is 2.79. The minimum atomic E-state index is -3.03. The SMILES string of the molecule is CS(=O)(=O)CCCn1nnnc1-c1ccc(N)c(F)c1. The molecule has 0 radical (unpaired) electrons. The first-order chi connectivity index (χ1) is 9.37. The van der Waals surface area contributed by atoms with Crippen LogP contribution in [0.15, 0.2) is 18.2 Å². The molecule has 1 heterocycles. The number of aromatic nitrogens is 4. The van der Waals surface area contributed by atoms with E-state index in [9.17, 15) is 12.8 Å². The molecule has 0 saturated carbocycles. The molecule has 0 aliphatic heterocycles. The van der Waals surface area contributed by atoms with Crippen molar-refractivity contribution < 1.29 is 12.8 Å². The number of rotatable bonds is 5. The number of nitrogens with zero attached hydrogens (tertiary/aromatic N) is 4. The van der Waals surface area contributed by atoms with Crippen molar-refractivity contribution in [3.8, 4) is 11.4 Å². The zero-order valence-electron chi connectivity index (χ0n) is 10.8. The van der Waals surface area contributed by atoms with Gasteiger partial charge in [0.25, 0.3) is 0 Å². The van der Waals surface area contributed by atoms with Crippen LogP contribution in [0, 0.1) is 5.82 Å². The minimum Gasteiger partial charge on any atom is -0.396 e. The summed E-state index contributed by atoms with van der Waals surface area (Å²) in [6.07, 6.45) is 1.55. The smallest absolute Gasteiger partial charge is 0.182 e. The lowest BCUT2D eigenvalue weighted by atomic mass is 10.2. The van der Waals surface area contributed by atoms with Crippen molar-refractivity contribution in [2.75, 3.05) is 17.7 Å². The highest BCUT2D eigenvalue weighted by atomic mass is 32.2. The third-order valence-corrected chi connectivity index (χ3v) is 3.71. The highest BCUT2D eigenvalue weighted by Crippen LogP contribution is 2.20. The Morgan fingerprint density at radius 3 is 2.80 bits per heavy atom. The van der Waals surface area contributed by atoms with Crippen molar-refractivity contribution >= 4 is 15.5 Å². The summed E-state index contributed by atoms with van der Waals surface area (Å²) in [6, 6.07) is 4.28. The zero-order chi connectivity index (χ0) is 14.8. The topological polar surface area (TPSA) is 104 Å². The molecule has 0 unspecified atom stereocenters. The molecule has 2 rings (SSSR count). The fourth-order valence-corrected chi connectivity index (χ4v) is 2.36. The molecule has 0 aliphatic carbocycles. The van der Waals surface area contributed by atoms with Crippen LogP contribution in [0.3, 0.4) is 0 Å². The number of hydrogen-bond donors (Lipinski definition) is 1. The summed E-state index contributed by atoms with van der Waals surface area (Å²) < 4.78 is 37.0. The maximum absolute atomic E-state index is 13.4. The number of tetrazole rings is 1. The van der Waals surface area contributed by atoms with Crippen LogP contribution in [0.25, 0.3) is 11.4 Å². The molecule has 108 valence electrons.